The molecule has 3 aromatic rings. The number of piperazine rings is 1. The number of aromatic nitrogens is 3. The molecule has 0 radical (unpaired) electrons. The third-order valence-electron chi connectivity index (χ3n) is 6.52. The fraction of sp³-hybridized carbons (Fsp3) is 0.433. The van der Waals surface area contributed by atoms with Gasteiger partial charge in [0.15, 0.2) is 0 Å². The minimum atomic E-state index is -0.483. The summed E-state index contributed by atoms with van der Waals surface area (Å²) in [6.45, 7) is 11.1. The molecule has 1 aliphatic rings. The van der Waals surface area contributed by atoms with Gasteiger partial charge in [-0.2, -0.15) is 5.26 Å². The van der Waals surface area contributed by atoms with E-state index in [9.17, 15) is 10.1 Å². The maximum absolute atomic E-state index is 12.2. The molecule has 1 aliphatic heterocycles. The van der Waals surface area contributed by atoms with Crippen molar-refractivity contribution in [2.75, 3.05) is 56.4 Å². The van der Waals surface area contributed by atoms with Crippen molar-refractivity contribution in [3.05, 3.63) is 59.9 Å². The van der Waals surface area contributed by atoms with Crippen LogP contribution in [0, 0.1) is 11.3 Å². The van der Waals surface area contributed by atoms with Crippen LogP contribution in [0.3, 0.4) is 0 Å². The Morgan fingerprint density at radius 2 is 1.88 bits per heavy atom. The number of nitrogens with zero attached hydrogens (tertiary/aromatic N) is 6. The Kier molecular flexibility index (Phi) is 10.2. The minimum absolute atomic E-state index is 0.202. The number of anilines is 3. The van der Waals surface area contributed by atoms with Crippen LogP contribution < -0.4 is 16.4 Å². The van der Waals surface area contributed by atoms with Crippen LogP contribution >= 0.6 is 0 Å². The number of nitrogens with two attached hydrogens (primary N) is 1. The standard InChI is InChI=1S/C30H39N9O2/c1-30(2,3)41-28(40)21-39-15-13-38(14-16-39)20-24-17-25(7-5-22(24)18-32)36-29-34-12-9-26(37-29)23-6-8-27(35-19-23)33-11-4-10-31/h5-9,12,17,19H,4,10-11,13-16,20-21,31H2,1-3H3,(H,33,35)(H,34,36,37). The Hall–Kier alpha value is -4.11. The van der Waals surface area contributed by atoms with Gasteiger partial charge in [-0.15, -0.1) is 0 Å². The molecule has 0 atom stereocenters. The van der Waals surface area contributed by atoms with Crippen molar-refractivity contribution < 1.29 is 9.53 Å². The summed E-state index contributed by atoms with van der Waals surface area (Å²) in [4.78, 5) is 30.1. The van der Waals surface area contributed by atoms with Crippen LogP contribution in [0.15, 0.2) is 48.8 Å². The number of nitriles is 1. The highest BCUT2D eigenvalue weighted by molar-refractivity contribution is 5.72. The SMILES string of the molecule is CC(C)(C)OC(=O)CN1CCN(Cc2cc(Nc3nccc(-c4ccc(NCCCN)nc4)n3)ccc2C#N)CC1. The van der Waals surface area contributed by atoms with Gasteiger partial charge < -0.3 is 21.1 Å². The Morgan fingerprint density at radius 1 is 1.10 bits per heavy atom. The molecule has 1 saturated heterocycles. The summed E-state index contributed by atoms with van der Waals surface area (Å²) in [5, 5.41) is 16.2. The van der Waals surface area contributed by atoms with Crippen molar-refractivity contribution in [2.45, 2.75) is 39.3 Å². The van der Waals surface area contributed by atoms with Gasteiger partial charge in [-0.3, -0.25) is 14.6 Å². The molecule has 11 heteroatoms. The average Bonchev–Trinajstić information content (AvgIpc) is 2.94. The van der Waals surface area contributed by atoms with Crippen LogP contribution in [0.1, 0.15) is 38.3 Å². The quantitative estimate of drug-likeness (QED) is 0.236. The van der Waals surface area contributed by atoms with Crippen molar-refractivity contribution in [1.29, 1.82) is 5.26 Å². The Balaban J connectivity index is 1.36. The average molecular weight is 558 g/mol. The number of nitrogens with one attached hydrogen (secondary N) is 2. The first-order chi connectivity index (χ1) is 19.7. The number of esters is 1. The molecular formula is C30H39N9O2. The minimum Gasteiger partial charge on any atom is -0.459 e. The maximum Gasteiger partial charge on any atom is 0.320 e. The summed E-state index contributed by atoms with van der Waals surface area (Å²) < 4.78 is 5.45. The predicted molar refractivity (Wildman–Crippen MR) is 159 cm³/mol. The summed E-state index contributed by atoms with van der Waals surface area (Å²) >= 11 is 0. The number of carbonyl (C=O) groups is 1. The number of hydrogen-bond donors (Lipinski definition) is 3. The van der Waals surface area contributed by atoms with Gasteiger partial charge in [0.25, 0.3) is 0 Å². The molecule has 0 spiro atoms. The number of ether oxygens (including phenoxy) is 1. The lowest BCUT2D eigenvalue weighted by Gasteiger charge is -2.34. The molecule has 0 saturated carbocycles. The third kappa shape index (κ3) is 9.21. The van der Waals surface area contributed by atoms with Crippen molar-refractivity contribution in [3.8, 4) is 17.3 Å². The molecule has 0 aliphatic carbocycles. The zero-order valence-corrected chi connectivity index (χ0v) is 24.1. The second-order valence-electron chi connectivity index (χ2n) is 11.0. The smallest absolute Gasteiger partial charge is 0.320 e. The first-order valence-electron chi connectivity index (χ1n) is 13.9. The summed E-state index contributed by atoms with van der Waals surface area (Å²) in [6, 6.07) is 13.7. The first kappa shape index (κ1) is 29.9. The van der Waals surface area contributed by atoms with Gasteiger partial charge in [-0.25, -0.2) is 15.0 Å². The van der Waals surface area contributed by atoms with E-state index in [4.69, 9.17) is 10.5 Å². The van der Waals surface area contributed by atoms with Gasteiger partial charge in [-0.1, -0.05) is 0 Å². The number of pyridine rings is 1. The Morgan fingerprint density at radius 3 is 2.56 bits per heavy atom. The van der Waals surface area contributed by atoms with Gasteiger partial charge in [0.05, 0.1) is 23.9 Å². The lowest BCUT2D eigenvalue weighted by atomic mass is 10.1. The van der Waals surface area contributed by atoms with Crippen LogP contribution in [0.5, 0.6) is 0 Å². The lowest BCUT2D eigenvalue weighted by Crippen LogP contribution is -2.48. The van der Waals surface area contributed by atoms with Crippen LogP contribution in [-0.4, -0.2) is 82.1 Å². The summed E-state index contributed by atoms with van der Waals surface area (Å²) in [7, 11) is 0. The molecule has 4 N–H and O–H groups in total. The van der Waals surface area contributed by atoms with Gasteiger partial charge in [0, 0.05) is 62.9 Å². The predicted octanol–water partition coefficient (Wildman–Crippen LogP) is 3.37. The number of rotatable bonds is 11. The Bertz CT molecular complexity index is 1340. The Labute approximate surface area is 241 Å². The first-order valence-corrected chi connectivity index (χ1v) is 13.9. The molecule has 0 amide bonds. The second-order valence-corrected chi connectivity index (χ2v) is 11.0. The van der Waals surface area contributed by atoms with Crippen molar-refractivity contribution in [1.82, 2.24) is 24.8 Å². The largest absolute Gasteiger partial charge is 0.459 e. The van der Waals surface area contributed by atoms with E-state index in [1.807, 2.05) is 57.2 Å². The second kappa shape index (κ2) is 14.0. The van der Waals surface area contributed by atoms with Gasteiger partial charge >= 0.3 is 5.97 Å². The molecule has 0 unspecified atom stereocenters. The highest BCUT2D eigenvalue weighted by Gasteiger charge is 2.23. The van der Waals surface area contributed by atoms with E-state index in [2.05, 4.69) is 41.5 Å². The van der Waals surface area contributed by atoms with E-state index >= 15 is 0 Å². The van der Waals surface area contributed by atoms with Crippen LogP contribution in [0.2, 0.25) is 0 Å². The molecule has 2 aromatic heterocycles. The van der Waals surface area contributed by atoms with Crippen LogP contribution in [0.25, 0.3) is 11.3 Å². The molecule has 1 fully saturated rings. The lowest BCUT2D eigenvalue weighted by molar-refractivity contribution is -0.156. The number of carbonyl (C=O) groups excluding carboxylic acids is 1. The summed E-state index contributed by atoms with van der Waals surface area (Å²) in [5.74, 6) is 1.05. The van der Waals surface area contributed by atoms with Gasteiger partial charge in [-0.05, 0) is 75.7 Å². The molecule has 216 valence electrons. The number of hydrogen-bond acceptors (Lipinski definition) is 11. The zero-order valence-electron chi connectivity index (χ0n) is 24.1. The van der Waals surface area contributed by atoms with Gasteiger partial charge in [0.1, 0.15) is 11.4 Å². The fourth-order valence-corrected chi connectivity index (χ4v) is 4.49. The topological polar surface area (TPSA) is 145 Å². The monoisotopic (exact) mass is 557 g/mol. The van der Waals surface area contributed by atoms with E-state index in [-0.39, 0.29) is 5.97 Å². The van der Waals surface area contributed by atoms with Crippen LogP contribution in [-0.2, 0) is 16.1 Å². The normalized spacial score (nSPS) is 14.3. The highest BCUT2D eigenvalue weighted by atomic mass is 16.6. The van der Waals surface area contributed by atoms with Gasteiger partial charge in [0.2, 0.25) is 5.95 Å². The molecule has 1 aromatic carbocycles. The van der Waals surface area contributed by atoms with Crippen molar-refractivity contribution in [2.24, 2.45) is 5.73 Å². The molecule has 11 nitrogen and oxygen atoms in total. The molecular weight excluding hydrogens is 518 g/mol. The zero-order chi connectivity index (χ0) is 29.2. The summed E-state index contributed by atoms with van der Waals surface area (Å²) in [5.41, 5.74) is 9.06. The highest BCUT2D eigenvalue weighted by Crippen LogP contribution is 2.23. The molecule has 0 bridgehead atoms. The number of benzene rings is 1. The van der Waals surface area contributed by atoms with E-state index in [1.165, 1.54) is 0 Å². The third-order valence-corrected chi connectivity index (χ3v) is 6.52. The summed E-state index contributed by atoms with van der Waals surface area (Å²) in [6.07, 6.45) is 4.37. The van der Waals surface area contributed by atoms with E-state index in [0.717, 1.165) is 67.5 Å². The molecule has 41 heavy (non-hydrogen) atoms. The molecule has 4 rings (SSSR count). The van der Waals surface area contributed by atoms with E-state index < -0.39 is 5.60 Å². The fourth-order valence-electron chi connectivity index (χ4n) is 4.49. The van der Waals surface area contributed by atoms with Crippen LogP contribution in [0.4, 0.5) is 17.5 Å². The van der Waals surface area contributed by atoms with Crippen molar-refractivity contribution in [3.63, 3.8) is 0 Å². The molecule has 3 heterocycles. The maximum atomic E-state index is 12.2. The van der Waals surface area contributed by atoms with Crippen molar-refractivity contribution >= 4 is 23.4 Å². The van der Waals surface area contributed by atoms with E-state index in [1.54, 1.807) is 12.4 Å². The van der Waals surface area contributed by atoms with E-state index in [0.29, 0.717) is 31.1 Å².